The molecule has 0 radical (unpaired) electrons. The molecule has 0 fully saturated rings. The van der Waals surface area contributed by atoms with Crippen molar-refractivity contribution in [1.82, 2.24) is 0 Å². The number of benzene rings is 2. The summed E-state index contributed by atoms with van der Waals surface area (Å²) in [5.74, 6) is -0.475. The van der Waals surface area contributed by atoms with E-state index in [0.717, 1.165) is 5.56 Å². The molecule has 0 unspecified atom stereocenters. The van der Waals surface area contributed by atoms with Gasteiger partial charge in [0.2, 0.25) is 0 Å². The quantitative estimate of drug-likeness (QED) is 0.764. The molecule has 0 aliphatic rings. The van der Waals surface area contributed by atoms with Gasteiger partial charge in [0, 0.05) is 18.7 Å². The summed E-state index contributed by atoms with van der Waals surface area (Å²) in [7, 11) is 0. The summed E-state index contributed by atoms with van der Waals surface area (Å²) in [6, 6.07) is 14.6. The molecule has 0 aliphatic heterocycles. The van der Waals surface area contributed by atoms with E-state index in [1.165, 1.54) is 13.0 Å². The number of hydrogen-bond donors (Lipinski definition) is 0. The van der Waals surface area contributed by atoms with Crippen LogP contribution >= 0.6 is 0 Å². The van der Waals surface area contributed by atoms with Gasteiger partial charge < -0.3 is 4.90 Å². The number of carbonyl (C=O) groups excluding carboxylic acids is 1. The van der Waals surface area contributed by atoms with Crippen molar-refractivity contribution in [3.8, 4) is 0 Å². The molecule has 104 valence electrons. The van der Waals surface area contributed by atoms with Gasteiger partial charge in [-0.05, 0) is 37.6 Å². The van der Waals surface area contributed by atoms with Gasteiger partial charge >= 0.3 is 0 Å². The molecular weight excluding hydrogens is 253 g/mol. The zero-order chi connectivity index (χ0) is 14.5. The van der Waals surface area contributed by atoms with E-state index in [9.17, 15) is 9.18 Å². The molecular formula is C17H18FNO. The number of ketones is 1. The first kappa shape index (κ1) is 14.3. The van der Waals surface area contributed by atoms with E-state index < -0.39 is 0 Å². The van der Waals surface area contributed by atoms with Crippen LogP contribution in [-0.4, -0.2) is 12.3 Å². The van der Waals surface area contributed by atoms with Crippen LogP contribution in [0.4, 0.5) is 10.1 Å². The highest BCUT2D eigenvalue weighted by Crippen LogP contribution is 2.22. The second kappa shape index (κ2) is 6.33. The molecule has 0 aliphatic carbocycles. The molecule has 0 bridgehead atoms. The summed E-state index contributed by atoms with van der Waals surface area (Å²) in [5.41, 5.74) is 2.06. The van der Waals surface area contributed by atoms with Crippen molar-refractivity contribution in [2.24, 2.45) is 0 Å². The summed E-state index contributed by atoms with van der Waals surface area (Å²) >= 11 is 0. The predicted molar refractivity (Wildman–Crippen MR) is 79.6 cm³/mol. The fraction of sp³-hybridized carbons (Fsp3) is 0.235. The van der Waals surface area contributed by atoms with E-state index >= 15 is 0 Å². The second-order valence-corrected chi connectivity index (χ2v) is 4.72. The van der Waals surface area contributed by atoms with Crippen molar-refractivity contribution in [1.29, 1.82) is 0 Å². The Hall–Kier alpha value is -2.16. The van der Waals surface area contributed by atoms with Gasteiger partial charge in [-0.25, -0.2) is 4.39 Å². The molecule has 0 aromatic heterocycles. The van der Waals surface area contributed by atoms with Crippen LogP contribution in [0, 0.1) is 5.82 Å². The van der Waals surface area contributed by atoms with Crippen LogP contribution in [0.1, 0.15) is 29.8 Å². The number of anilines is 1. The van der Waals surface area contributed by atoms with Crippen LogP contribution in [0.25, 0.3) is 0 Å². The third-order valence-corrected chi connectivity index (χ3v) is 3.29. The lowest BCUT2D eigenvalue weighted by Gasteiger charge is -2.24. The largest absolute Gasteiger partial charge is 0.365 e. The number of nitrogens with zero attached hydrogens (tertiary/aromatic N) is 1. The van der Waals surface area contributed by atoms with Crippen LogP contribution in [0.15, 0.2) is 48.5 Å². The summed E-state index contributed by atoms with van der Waals surface area (Å²) in [4.78, 5) is 13.2. The minimum Gasteiger partial charge on any atom is -0.365 e. The summed E-state index contributed by atoms with van der Waals surface area (Å²) < 4.78 is 14.2. The highest BCUT2D eigenvalue weighted by Gasteiger charge is 2.12. The van der Waals surface area contributed by atoms with Gasteiger partial charge in [-0.15, -0.1) is 0 Å². The molecule has 20 heavy (non-hydrogen) atoms. The topological polar surface area (TPSA) is 20.3 Å². The highest BCUT2D eigenvalue weighted by molar-refractivity contribution is 5.94. The van der Waals surface area contributed by atoms with E-state index in [2.05, 4.69) is 0 Å². The minimum atomic E-state index is -0.351. The number of Topliss-reactive ketones (excluding diaryl/α,β-unsaturated/α-hetero) is 1. The van der Waals surface area contributed by atoms with Crippen LogP contribution in [-0.2, 0) is 6.54 Å². The Morgan fingerprint density at radius 1 is 1.15 bits per heavy atom. The van der Waals surface area contributed by atoms with E-state index in [4.69, 9.17) is 0 Å². The van der Waals surface area contributed by atoms with Crippen LogP contribution in [0.5, 0.6) is 0 Å². The Labute approximate surface area is 118 Å². The van der Waals surface area contributed by atoms with Gasteiger partial charge in [-0.1, -0.05) is 30.3 Å². The molecule has 0 N–H and O–H groups in total. The molecule has 2 aromatic carbocycles. The molecule has 0 amide bonds. The zero-order valence-corrected chi connectivity index (χ0v) is 11.8. The number of hydrogen-bond acceptors (Lipinski definition) is 2. The molecule has 0 saturated heterocycles. The van der Waals surface area contributed by atoms with Gasteiger partial charge in [-0.2, -0.15) is 0 Å². The normalized spacial score (nSPS) is 10.3. The first-order valence-corrected chi connectivity index (χ1v) is 6.71. The van der Waals surface area contributed by atoms with E-state index in [-0.39, 0.29) is 11.6 Å². The Kier molecular flexibility index (Phi) is 4.51. The Morgan fingerprint density at radius 2 is 1.85 bits per heavy atom. The average Bonchev–Trinajstić information content (AvgIpc) is 2.46. The summed E-state index contributed by atoms with van der Waals surface area (Å²) in [6.07, 6.45) is 0. The summed E-state index contributed by atoms with van der Waals surface area (Å²) in [6.45, 7) is 4.77. The predicted octanol–water partition coefficient (Wildman–Crippen LogP) is 4.05. The van der Waals surface area contributed by atoms with Crippen molar-refractivity contribution in [3.05, 3.63) is 65.5 Å². The van der Waals surface area contributed by atoms with Crippen molar-refractivity contribution < 1.29 is 9.18 Å². The zero-order valence-electron chi connectivity index (χ0n) is 11.8. The maximum Gasteiger partial charge on any atom is 0.159 e. The van der Waals surface area contributed by atoms with Gasteiger partial charge in [0.15, 0.2) is 5.78 Å². The van der Waals surface area contributed by atoms with E-state index in [0.29, 0.717) is 24.3 Å². The lowest BCUT2D eigenvalue weighted by molar-refractivity contribution is 0.101. The molecule has 0 atom stereocenters. The standard InChI is InChI=1S/C17H18FNO/c1-3-19(12-14-7-5-4-6-8-14)17-10-9-15(13(2)20)11-16(17)18/h4-11H,3,12H2,1-2H3. The lowest BCUT2D eigenvalue weighted by atomic mass is 10.1. The number of halogens is 1. The van der Waals surface area contributed by atoms with Crippen molar-refractivity contribution >= 4 is 11.5 Å². The smallest absolute Gasteiger partial charge is 0.159 e. The molecule has 3 heteroatoms. The molecule has 0 saturated carbocycles. The average molecular weight is 271 g/mol. The summed E-state index contributed by atoms with van der Waals surface area (Å²) in [5, 5.41) is 0. The van der Waals surface area contributed by atoms with Crippen LogP contribution in [0.2, 0.25) is 0 Å². The van der Waals surface area contributed by atoms with Gasteiger partial charge in [-0.3, -0.25) is 4.79 Å². The Balaban J connectivity index is 2.26. The molecule has 0 spiro atoms. The Morgan fingerprint density at radius 3 is 2.40 bits per heavy atom. The second-order valence-electron chi connectivity index (χ2n) is 4.72. The number of carbonyl (C=O) groups is 1. The number of rotatable bonds is 5. The van der Waals surface area contributed by atoms with Gasteiger partial charge in [0.05, 0.1) is 5.69 Å². The van der Waals surface area contributed by atoms with Gasteiger partial charge in [0.25, 0.3) is 0 Å². The molecule has 2 rings (SSSR count). The highest BCUT2D eigenvalue weighted by atomic mass is 19.1. The van der Waals surface area contributed by atoms with Gasteiger partial charge in [0.1, 0.15) is 5.82 Å². The lowest BCUT2D eigenvalue weighted by Crippen LogP contribution is -2.23. The van der Waals surface area contributed by atoms with Crippen molar-refractivity contribution in [2.45, 2.75) is 20.4 Å². The third kappa shape index (κ3) is 3.23. The molecule has 2 aromatic rings. The van der Waals surface area contributed by atoms with E-state index in [1.807, 2.05) is 42.2 Å². The fourth-order valence-corrected chi connectivity index (χ4v) is 2.15. The SMILES string of the molecule is CCN(Cc1ccccc1)c1ccc(C(C)=O)cc1F. The first-order valence-electron chi connectivity index (χ1n) is 6.71. The fourth-order valence-electron chi connectivity index (χ4n) is 2.15. The van der Waals surface area contributed by atoms with Crippen LogP contribution < -0.4 is 4.90 Å². The first-order chi connectivity index (χ1) is 9.61. The Bertz CT molecular complexity index is 595. The maximum absolute atomic E-state index is 14.2. The molecule has 0 heterocycles. The van der Waals surface area contributed by atoms with Crippen molar-refractivity contribution in [2.75, 3.05) is 11.4 Å². The van der Waals surface area contributed by atoms with Crippen LogP contribution in [0.3, 0.4) is 0 Å². The van der Waals surface area contributed by atoms with Crippen molar-refractivity contribution in [3.63, 3.8) is 0 Å². The third-order valence-electron chi connectivity index (χ3n) is 3.29. The minimum absolute atomic E-state index is 0.124. The van der Waals surface area contributed by atoms with E-state index in [1.54, 1.807) is 12.1 Å². The monoisotopic (exact) mass is 271 g/mol. The molecule has 2 nitrogen and oxygen atoms in total. The maximum atomic E-state index is 14.2.